The normalized spacial score (nSPS) is 17.4. The van der Waals surface area contributed by atoms with Crippen LogP contribution in [0.5, 0.6) is 0 Å². The smallest absolute Gasteiger partial charge is 0.141 e. The van der Waals surface area contributed by atoms with Gasteiger partial charge in [-0.3, -0.25) is 0 Å². The number of thiophene rings is 1. The maximum Gasteiger partial charge on any atom is 0.141 e. The highest BCUT2D eigenvalue weighted by Crippen LogP contribution is 2.35. The second-order valence-electron chi connectivity index (χ2n) is 5.38. The molecule has 1 fully saturated rings. The Bertz CT molecular complexity index is 611. The molecule has 1 aliphatic rings. The molecule has 0 saturated carbocycles. The standard InChI is InChI=1S/C14H20N4S/c1-8-9(2)19-14-12(8)13(16-10(3)17-14)18-6-4-11(15)5-7-18/h11H,4-7,15H2,1-3H3. The molecule has 0 aromatic carbocycles. The topological polar surface area (TPSA) is 55.0 Å². The van der Waals surface area contributed by atoms with Crippen molar-refractivity contribution in [1.29, 1.82) is 0 Å². The second-order valence-corrected chi connectivity index (χ2v) is 6.59. The third-order valence-corrected chi connectivity index (χ3v) is 5.06. The van der Waals surface area contributed by atoms with E-state index >= 15 is 0 Å². The largest absolute Gasteiger partial charge is 0.356 e. The van der Waals surface area contributed by atoms with Crippen LogP contribution in [0.25, 0.3) is 10.2 Å². The van der Waals surface area contributed by atoms with E-state index in [9.17, 15) is 0 Å². The zero-order valence-corrected chi connectivity index (χ0v) is 12.5. The molecular weight excluding hydrogens is 256 g/mol. The van der Waals surface area contributed by atoms with Crippen LogP contribution in [0.3, 0.4) is 0 Å². The first-order valence-electron chi connectivity index (χ1n) is 6.81. The summed E-state index contributed by atoms with van der Waals surface area (Å²) < 4.78 is 0. The van der Waals surface area contributed by atoms with Crippen molar-refractivity contribution >= 4 is 27.4 Å². The van der Waals surface area contributed by atoms with Gasteiger partial charge in [-0.05, 0) is 39.2 Å². The fourth-order valence-electron chi connectivity index (χ4n) is 2.67. The molecule has 1 aliphatic heterocycles. The quantitative estimate of drug-likeness (QED) is 0.869. The molecule has 0 unspecified atom stereocenters. The molecule has 3 rings (SSSR count). The van der Waals surface area contributed by atoms with Crippen LogP contribution in [0.2, 0.25) is 0 Å². The molecule has 0 bridgehead atoms. The molecule has 0 aliphatic carbocycles. The van der Waals surface area contributed by atoms with E-state index in [0.29, 0.717) is 6.04 Å². The van der Waals surface area contributed by atoms with Gasteiger partial charge in [-0.25, -0.2) is 9.97 Å². The fraction of sp³-hybridized carbons (Fsp3) is 0.571. The number of anilines is 1. The Morgan fingerprint density at radius 3 is 2.53 bits per heavy atom. The lowest BCUT2D eigenvalue weighted by atomic mass is 10.1. The zero-order valence-electron chi connectivity index (χ0n) is 11.7. The number of nitrogens with zero attached hydrogens (tertiary/aromatic N) is 3. The Morgan fingerprint density at radius 2 is 1.84 bits per heavy atom. The van der Waals surface area contributed by atoms with Gasteiger partial charge in [0.1, 0.15) is 16.5 Å². The lowest BCUT2D eigenvalue weighted by Gasteiger charge is -2.31. The van der Waals surface area contributed by atoms with E-state index in [2.05, 4.69) is 23.7 Å². The van der Waals surface area contributed by atoms with Crippen LogP contribution in [0.15, 0.2) is 0 Å². The predicted octanol–water partition coefficient (Wildman–Crippen LogP) is 2.54. The fourth-order valence-corrected chi connectivity index (χ4v) is 3.74. The van der Waals surface area contributed by atoms with Crippen LogP contribution in [-0.4, -0.2) is 29.1 Å². The molecule has 2 N–H and O–H groups in total. The van der Waals surface area contributed by atoms with Crippen molar-refractivity contribution in [1.82, 2.24) is 9.97 Å². The maximum atomic E-state index is 5.99. The van der Waals surface area contributed by atoms with E-state index in [1.54, 1.807) is 11.3 Å². The second kappa shape index (κ2) is 4.72. The molecule has 4 nitrogen and oxygen atoms in total. The lowest BCUT2D eigenvalue weighted by molar-refractivity contribution is 0.499. The first kappa shape index (κ1) is 12.8. The van der Waals surface area contributed by atoms with Crippen LogP contribution < -0.4 is 10.6 Å². The maximum absolute atomic E-state index is 5.99. The Morgan fingerprint density at radius 1 is 1.16 bits per heavy atom. The van der Waals surface area contributed by atoms with Crippen molar-refractivity contribution in [2.75, 3.05) is 18.0 Å². The van der Waals surface area contributed by atoms with Gasteiger partial charge in [0, 0.05) is 24.0 Å². The minimum atomic E-state index is 0.347. The minimum Gasteiger partial charge on any atom is -0.356 e. The minimum absolute atomic E-state index is 0.347. The van der Waals surface area contributed by atoms with Gasteiger partial charge in [-0.2, -0.15) is 0 Å². The number of hydrogen-bond donors (Lipinski definition) is 1. The molecular formula is C14H20N4S. The molecule has 0 atom stereocenters. The van der Waals surface area contributed by atoms with Gasteiger partial charge in [0.2, 0.25) is 0 Å². The van der Waals surface area contributed by atoms with Gasteiger partial charge in [0.15, 0.2) is 0 Å². The SMILES string of the molecule is Cc1nc(N2CCC(N)CC2)c2c(C)c(C)sc2n1. The molecule has 0 amide bonds. The summed E-state index contributed by atoms with van der Waals surface area (Å²) in [7, 11) is 0. The van der Waals surface area contributed by atoms with Crippen molar-refractivity contribution in [2.24, 2.45) is 5.73 Å². The van der Waals surface area contributed by atoms with Crippen molar-refractivity contribution < 1.29 is 0 Å². The summed E-state index contributed by atoms with van der Waals surface area (Å²) in [4.78, 5) is 14.1. The van der Waals surface area contributed by atoms with Crippen molar-refractivity contribution in [3.8, 4) is 0 Å². The molecule has 0 spiro atoms. The molecule has 102 valence electrons. The first-order valence-corrected chi connectivity index (χ1v) is 7.63. The monoisotopic (exact) mass is 276 g/mol. The third-order valence-electron chi connectivity index (χ3n) is 3.96. The Kier molecular flexibility index (Phi) is 3.19. The molecule has 3 heterocycles. The van der Waals surface area contributed by atoms with Gasteiger partial charge in [-0.1, -0.05) is 0 Å². The van der Waals surface area contributed by atoms with Crippen molar-refractivity contribution in [3.05, 3.63) is 16.3 Å². The molecule has 2 aromatic rings. The van der Waals surface area contributed by atoms with E-state index < -0.39 is 0 Å². The van der Waals surface area contributed by atoms with E-state index in [4.69, 9.17) is 10.7 Å². The summed E-state index contributed by atoms with van der Waals surface area (Å²) >= 11 is 1.77. The van der Waals surface area contributed by atoms with Crippen molar-refractivity contribution in [2.45, 2.75) is 39.7 Å². The summed E-state index contributed by atoms with van der Waals surface area (Å²) in [5.41, 5.74) is 7.32. The highest BCUT2D eigenvalue weighted by molar-refractivity contribution is 7.18. The number of rotatable bonds is 1. The Labute approximate surface area is 117 Å². The summed E-state index contributed by atoms with van der Waals surface area (Å²) in [5, 5.41) is 1.24. The summed E-state index contributed by atoms with van der Waals surface area (Å²) in [6.45, 7) is 8.31. The van der Waals surface area contributed by atoms with Crippen LogP contribution in [-0.2, 0) is 0 Å². The Hall–Kier alpha value is -1.20. The lowest BCUT2D eigenvalue weighted by Crippen LogP contribution is -2.40. The average molecular weight is 276 g/mol. The van der Waals surface area contributed by atoms with Crippen LogP contribution >= 0.6 is 11.3 Å². The van der Waals surface area contributed by atoms with Gasteiger partial charge in [0.05, 0.1) is 5.39 Å². The first-order chi connectivity index (χ1) is 9.06. The van der Waals surface area contributed by atoms with Gasteiger partial charge >= 0.3 is 0 Å². The predicted molar refractivity (Wildman–Crippen MR) is 81.0 cm³/mol. The van der Waals surface area contributed by atoms with Crippen molar-refractivity contribution in [3.63, 3.8) is 0 Å². The van der Waals surface area contributed by atoms with E-state index in [-0.39, 0.29) is 0 Å². The van der Waals surface area contributed by atoms with Gasteiger partial charge < -0.3 is 10.6 Å². The van der Waals surface area contributed by atoms with E-state index in [1.807, 2.05) is 6.92 Å². The number of fused-ring (bicyclic) bond motifs is 1. The molecule has 19 heavy (non-hydrogen) atoms. The van der Waals surface area contributed by atoms with Gasteiger partial charge in [0.25, 0.3) is 0 Å². The highest BCUT2D eigenvalue weighted by Gasteiger charge is 2.22. The molecule has 5 heteroatoms. The summed E-state index contributed by atoms with van der Waals surface area (Å²) in [5.74, 6) is 1.97. The number of nitrogens with two attached hydrogens (primary N) is 1. The number of piperidine rings is 1. The highest BCUT2D eigenvalue weighted by atomic mass is 32.1. The van der Waals surface area contributed by atoms with Crippen LogP contribution in [0.4, 0.5) is 5.82 Å². The Balaban J connectivity index is 2.11. The average Bonchev–Trinajstić information content (AvgIpc) is 2.65. The summed E-state index contributed by atoms with van der Waals surface area (Å²) in [6, 6.07) is 0.347. The number of aryl methyl sites for hydroxylation is 3. The molecule has 0 radical (unpaired) electrons. The van der Waals surface area contributed by atoms with Gasteiger partial charge in [-0.15, -0.1) is 11.3 Å². The number of aromatic nitrogens is 2. The van der Waals surface area contributed by atoms with E-state index in [0.717, 1.165) is 42.4 Å². The third kappa shape index (κ3) is 2.21. The van der Waals surface area contributed by atoms with Crippen LogP contribution in [0, 0.1) is 20.8 Å². The zero-order chi connectivity index (χ0) is 13.6. The molecule has 1 saturated heterocycles. The number of hydrogen-bond acceptors (Lipinski definition) is 5. The van der Waals surface area contributed by atoms with Crippen LogP contribution in [0.1, 0.15) is 29.1 Å². The van der Waals surface area contributed by atoms with E-state index in [1.165, 1.54) is 15.8 Å². The molecule has 2 aromatic heterocycles. The summed E-state index contributed by atoms with van der Waals surface area (Å²) in [6.07, 6.45) is 2.10.